The van der Waals surface area contributed by atoms with Gasteiger partial charge >= 0.3 is 0 Å². The van der Waals surface area contributed by atoms with Crippen LogP contribution < -0.4 is 10.1 Å². The van der Waals surface area contributed by atoms with Gasteiger partial charge in [0, 0.05) is 35.1 Å². The lowest BCUT2D eigenvalue weighted by molar-refractivity contribution is -0.115. The fraction of sp³-hybridized carbons (Fsp3) is 0.233. The van der Waals surface area contributed by atoms with Crippen LogP contribution in [0.4, 0.5) is 5.69 Å². The first-order chi connectivity index (χ1) is 17.5. The Balaban J connectivity index is 1.31. The van der Waals surface area contributed by atoms with Gasteiger partial charge in [-0.3, -0.25) is 9.48 Å². The van der Waals surface area contributed by atoms with Crippen molar-refractivity contribution < 1.29 is 9.53 Å². The first-order valence-corrected chi connectivity index (χ1v) is 12.2. The zero-order chi connectivity index (χ0) is 25.1. The summed E-state index contributed by atoms with van der Waals surface area (Å²) in [5, 5.41) is 17.1. The Bertz CT molecular complexity index is 1460. The van der Waals surface area contributed by atoms with Crippen molar-refractivity contribution in [2.24, 2.45) is 7.05 Å². The van der Waals surface area contributed by atoms with Gasteiger partial charge in [-0.25, -0.2) is 0 Å². The maximum absolute atomic E-state index is 13.0. The fourth-order valence-corrected chi connectivity index (χ4v) is 4.88. The summed E-state index contributed by atoms with van der Waals surface area (Å²) in [4.78, 5) is 13.0. The van der Waals surface area contributed by atoms with Crippen molar-refractivity contribution in [3.8, 4) is 23.1 Å². The molecule has 0 bridgehead atoms. The number of nitriles is 1. The predicted octanol–water partition coefficient (Wildman–Crippen LogP) is 5.52. The fourth-order valence-electron chi connectivity index (χ4n) is 4.88. The molecule has 0 fully saturated rings. The van der Waals surface area contributed by atoms with Gasteiger partial charge in [0.1, 0.15) is 12.4 Å². The monoisotopic (exact) mass is 476 g/mol. The van der Waals surface area contributed by atoms with Crippen molar-refractivity contribution in [2.75, 3.05) is 5.32 Å². The number of fused-ring (bicyclic) bond motifs is 1. The van der Waals surface area contributed by atoms with Gasteiger partial charge in [-0.1, -0.05) is 36.4 Å². The van der Waals surface area contributed by atoms with Crippen LogP contribution >= 0.6 is 0 Å². The summed E-state index contributed by atoms with van der Waals surface area (Å²) in [7, 11) is 2.01. The van der Waals surface area contributed by atoms with E-state index in [2.05, 4.69) is 11.4 Å². The van der Waals surface area contributed by atoms with Gasteiger partial charge in [-0.15, -0.1) is 0 Å². The predicted molar refractivity (Wildman–Crippen MR) is 140 cm³/mol. The quantitative estimate of drug-likeness (QED) is 0.381. The van der Waals surface area contributed by atoms with Crippen molar-refractivity contribution in [3.63, 3.8) is 0 Å². The van der Waals surface area contributed by atoms with Crippen LogP contribution in [-0.2, 0) is 37.7 Å². The van der Waals surface area contributed by atoms with E-state index in [9.17, 15) is 10.1 Å². The minimum Gasteiger partial charge on any atom is -0.489 e. The van der Waals surface area contributed by atoms with Crippen LogP contribution in [0.1, 0.15) is 39.9 Å². The Morgan fingerprint density at radius 1 is 1.11 bits per heavy atom. The Morgan fingerprint density at radius 3 is 2.72 bits per heavy atom. The third-order valence-electron chi connectivity index (χ3n) is 6.66. The number of nitrogens with zero attached hydrogens (tertiary/aromatic N) is 3. The van der Waals surface area contributed by atoms with E-state index < -0.39 is 0 Å². The Labute approximate surface area is 211 Å². The van der Waals surface area contributed by atoms with E-state index in [-0.39, 0.29) is 12.3 Å². The van der Waals surface area contributed by atoms with Gasteiger partial charge in [0.15, 0.2) is 0 Å². The lowest BCUT2D eigenvalue weighted by Crippen LogP contribution is -2.15. The average molecular weight is 477 g/mol. The molecule has 1 aromatic heterocycles. The molecule has 0 aliphatic heterocycles. The third kappa shape index (κ3) is 4.87. The molecule has 36 heavy (non-hydrogen) atoms. The molecule has 4 aromatic rings. The molecule has 0 saturated heterocycles. The minimum absolute atomic E-state index is 0.105. The molecule has 6 nitrogen and oxygen atoms in total. The van der Waals surface area contributed by atoms with Gasteiger partial charge in [0.25, 0.3) is 0 Å². The third-order valence-corrected chi connectivity index (χ3v) is 6.66. The number of anilines is 1. The molecule has 1 heterocycles. The Hall–Kier alpha value is -4.37. The van der Waals surface area contributed by atoms with Crippen molar-refractivity contribution in [1.82, 2.24) is 9.78 Å². The first-order valence-electron chi connectivity index (χ1n) is 12.2. The highest BCUT2D eigenvalue weighted by Crippen LogP contribution is 2.34. The number of rotatable bonds is 7. The van der Waals surface area contributed by atoms with E-state index in [4.69, 9.17) is 9.84 Å². The molecule has 1 N–H and O–H groups in total. The second-order valence-corrected chi connectivity index (χ2v) is 9.21. The second kappa shape index (κ2) is 10.1. The average Bonchev–Trinajstić information content (AvgIpc) is 3.48. The second-order valence-electron chi connectivity index (χ2n) is 9.21. The summed E-state index contributed by atoms with van der Waals surface area (Å²) in [6, 6.07) is 23.1. The number of carbonyl (C=O) groups excluding carboxylic acids is 1. The molecule has 0 spiro atoms. The summed E-state index contributed by atoms with van der Waals surface area (Å²) in [5.74, 6) is 0.434. The molecular formula is C30H28N4O2. The number of hydrogen-bond acceptors (Lipinski definition) is 4. The molecule has 3 aromatic carbocycles. The number of amides is 1. The standard InChI is InChI=1S/C30H28N4O2/c1-20-15-24(12-13-25(20)30-26-9-6-10-27(26)34(2)33-30)32-29(35)17-23-16-22(18-31)11-14-28(23)36-19-21-7-4-3-5-8-21/h3-5,7-8,11-16H,6,9-10,17,19H2,1-2H3,(H,32,35). The summed E-state index contributed by atoms with van der Waals surface area (Å²) in [6.07, 6.45) is 3.42. The van der Waals surface area contributed by atoms with Crippen LogP contribution in [0.2, 0.25) is 0 Å². The van der Waals surface area contributed by atoms with Gasteiger partial charge in [0.2, 0.25) is 5.91 Å². The molecule has 0 atom stereocenters. The maximum Gasteiger partial charge on any atom is 0.228 e. The van der Waals surface area contributed by atoms with E-state index in [0.717, 1.165) is 40.9 Å². The molecule has 1 aliphatic rings. The van der Waals surface area contributed by atoms with Crippen LogP contribution in [0, 0.1) is 18.3 Å². The van der Waals surface area contributed by atoms with Crippen LogP contribution in [0.25, 0.3) is 11.3 Å². The number of aromatic nitrogens is 2. The summed E-state index contributed by atoms with van der Waals surface area (Å²) in [5.41, 5.74) is 8.83. The highest BCUT2D eigenvalue weighted by Gasteiger charge is 2.22. The summed E-state index contributed by atoms with van der Waals surface area (Å²) < 4.78 is 8.00. The largest absolute Gasteiger partial charge is 0.489 e. The van der Waals surface area contributed by atoms with E-state index in [1.807, 2.05) is 67.2 Å². The highest BCUT2D eigenvalue weighted by molar-refractivity contribution is 5.93. The van der Waals surface area contributed by atoms with E-state index in [1.54, 1.807) is 18.2 Å². The van der Waals surface area contributed by atoms with E-state index in [1.165, 1.54) is 17.7 Å². The number of nitrogens with one attached hydrogen (secondary N) is 1. The van der Waals surface area contributed by atoms with Gasteiger partial charge < -0.3 is 10.1 Å². The van der Waals surface area contributed by atoms with Gasteiger partial charge in [-0.05, 0) is 67.6 Å². The molecule has 6 heteroatoms. The Kier molecular flexibility index (Phi) is 6.55. The first kappa shape index (κ1) is 23.4. The zero-order valence-electron chi connectivity index (χ0n) is 20.5. The molecule has 180 valence electrons. The topological polar surface area (TPSA) is 79.9 Å². The normalized spacial score (nSPS) is 12.1. The van der Waals surface area contributed by atoms with Crippen LogP contribution in [0.15, 0.2) is 66.7 Å². The number of hydrogen-bond donors (Lipinski definition) is 1. The smallest absolute Gasteiger partial charge is 0.228 e. The maximum atomic E-state index is 13.0. The molecule has 0 radical (unpaired) electrons. The van der Waals surface area contributed by atoms with Gasteiger partial charge in [-0.2, -0.15) is 10.4 Å². The summed E-state index contributed by atoms with van der Waals surface area (Å²) in [6.45, 7) is 2.44. The van der Waals surface area contributed by atoms with Crippen molar-refractivity contribution in [3.05, 3.63) is 100 Å². The number of ether oxygens (including phenoxy) is 1. The number of carbonyl (C=O) groups is 1. The molecule has 1 amide bonds. The highest BCUT2D eigenvalue weighted by atomic mass is 16.5. The van der Waals surface area contributed by atoms with E-state index >= 15 is 0 Å². The van der Waals surface area contributed by atoms with Crippen LogP contribution in [-0.4, -0.2) is 15.7 Å². The van der Waals surface area contributed by atoms with Crippen LogP contribution in [0.5, 0.6) is 5.75 Å². The molecule has 0 saturated carbocycles. The zero-order valence-corrected chi connectivity index (χ0v) is 20.5. The summed E-state index contributed by atoms with van der Waals surface area (Å²) >= 11 is 0. The van der Waals surface area contributed by atoms with Crippen LogP contribution in [0.3, 0.4) is 0 Å². The minimum atomic E-state index is -0.166. The lowest BCUT2D eigenvalue weighted by atomic mass is 10.0. The van der Waals surface area contributed by atoms with Crippen molar-refractivity contribution in [2.45, 2.75) is 39.2 Å². The number of aryl methyl sites for hydroxylation is 2. The van der Waals surface area contributed by atoms with Crippen molar-refractivity contribution >= 4 is 11.6 Å². The Morgan fingerprint density at radius 2 is 1.94 bits per heavy atom. The molecule has 1 aliphatic carbocycles. The SMILES string of the molecule is Cc1cc(NC(=O)Cc2cc(C#N)ccc2OCc2ccccc2)ccc1-c1nn(C)c2c1CCC2. The lowest BCUT2D eigenvalue weighted by Gasteiger charge is -2.13. The number of benzene rings is 3. The molecular weight excluding hydrogens is 448 g/mol. The molecule has 0 unspecified atom stereocenters. The van der Waals surface area contributed by atoms with E-state index in [0.29, 0.717) is 23.5 Å². The van der Waals surface area contributed by atoms with Crippen molar-refractivity contribution in [1.29, 1.82) is 5.26 Å². The van der Waals surface area contributed by atoms with Gasteiger partial charge in [0.05, 0.1) is 23.7 Å². The molecule has 5 rings (SSSR count).